The Labute approximate surface area is 113 Å². The van der Waals surface area contributed by atoms with Gasteiger partial charge in [0.2, 0.25) is 0 Å². The van der Waals surface area contributed by atoms with Crippen LogP contribution in [-0.2, 0) is 4.74 Å². The van der Waals surface area contributed by atoms with Crippen LogP contribution in [0, 0.1) is 11.3 Å². The third-order valence-electron chi connectivity index (χ3n) is 3.27. The molecule has 4 heteroatoms. The second-order valence-corrected chi connectivity index (χ2v) is 5.33. The third kappa shape index (κ3) is 3.39. The lowest BCUT2D eigenvalue weighted by Gasteiger charge is -2.19. The largest absolute Gasteiger partial charge is 0.493 e. The summed E-state index contributed by atoms with van der Waals surface area (Å²) in [4.78, 5) is 0. The fraction of sp³-hybridized carbons (Fsp3) is 0.533. The van der Waals surface area contributed by atoms with E-state index in [0.717, 1.165) is 12.8 Å². The van der Waals surface area contributed by atoms with Gasteiger partial charge >= 0.3 is 0 Å². The minimum atomic E-state index is -0.0528. The molecule has 1 aromatic rings. The molecule has 1 aliphatic heterocycles. The molecule has 1 aliphatic rings. The number of hydrogen-bond donors (Lipinski definition) is 0. The van der Waals surface area contributed by atoms with Crippen molar-refractivity contribution in [1.29, 1.82) is 5.26 Å². The smallest absolute Gasteiger partial charge is 0.162 e. The zero-order chi connectivity index (χ0) is 13.9. The molecule has 0 bridgehead atoms. The maximum atomic E-state index is 8.84. The van der Waals surface area contributed by atoms with Crippen LogP contribution in [0.1, 0.15) is 32.3 Å². The molecule has 1 atom stereocenters. The van der Waals surface area contributed by atoms with Gasteiger partial charge in [0, 0.05) is 6.07 Å². The number of ether oxygens (including phenoxy) is 3. The molecule has 0 amide bonds. The van der Waals surface area contributed by atoms with Crippen molar-refractivity contribution in [2.45, 2.75) is 38.4 Å². The molecular formula is C15H19NO3. The maximum absolute atomic E-state index is 8.84. The summed E-state index contributed by atoms with van der Waals surface area (Å²) in [7, 11) is 1.57. The molecule has 1 saturated heterocycles. The van der Waals surface area contributed by atoms with Gasteiger partial charge in [-0.25, -0.2) is 0 Å². The SMILES string of the molecule is COc1cc(C#N)ccc1OCC1CCC(C)(C)O1. The Bertz CT molecular complexity index is 491. The summed E-state index contributed by atoms with van der Waals surface area (Å²) in [5, 5.41) is 8.84. The fourth-order valence-corrected chi connectivity index (χ4v) is 2.23. The van der Waals surface area contributed by atoms with Gasteiger partial charge < -0.3 is 14.2 Å². The van der Waals surface area contributed by atoms with Crippen LogP contribution in [0.2, 0.25) is 0 Å². The van der Waals surface area contributed by atoms with E-state index < -0.39 is 0 Å². The Kier molecular flexibility index (Phi) is 3.96. The molecule has 0 N–H and O–H groups in total. The number of hydrogen-bond acceptors (Lipinski definition) is 4. The van der Waals surface area contributed by atoms with Crippen molar-refractivity contribution in [2.75, 3.05) is 13.7 Å². The summed E-state index contributed by atoms with van der Waals surface area (Å²) < 4.78 is 16.8. The minimum Gasteiger partial charge on any atom is -0.493 e. The molecule has 19 heavy (non-hydrogen) atoms. The van der Waals surface area contributed by atoms with E-state index in [0.29, 0.717) is 23.7 Å². The number of nitriles is 1. The van der Waals surface area contributed by atoms with E-state index in [9.17, 15) is 0 Å². The van der Waals surface area contributed by atoms with Crippen molar-refractivity contribution < 1.29 is 14.2 Å². The molecule has 1 fully saturated rings. The fourth-order valence-electron chi connectivity index (χ4n) is 2.23. The molecule has 0 spiro atoms. The van der Waals surface area contributed by atoms with E-state index in [1.54, 1.807) is 25.3 Å². The van der Waals surface area contributed by atoms with Crippen LogP contribution in [0.15, 0.2) is 18.2 Å². The van der Waals surface area contributed by atoms with E-state index in [1.165, 1.54) is 0 Å². The number of methoxy groups -OCH3 is 1. The van der Waals surface area contributed by atoms with Gasteiger partial charge in [0.25, 0.3) is 0 Å². The predicted molar refractivity (Wildman–Crippen MR) is 71.4 cm³/mol. The quantitative estimate of drug-likeness (QED) is 0.836. The summed E-state index contributed by atoms with van der Waals surface area (Å²) >= 11 is 0. The first-order chi connectivity index (χ1) is 9.04. The first-order valence-electron chi connectivity index (χ1n) is 6.43. The van der Waals surface area contributed by atoms with Gasteiger partial charge in [0.15, 0.2) is 11.5 Å². The van der Waals surface area contributed by atoms with Crippen LogP contribution in [0.4, 0.5) is 0 Å². The zero-order valence-electron chi connectivity index (χ0n) is 11.6. The topological polar surface area (TPSA) is 51.5 Å². The van der Waals surface area contributed by atoms with Crippen molar-refractivity contribution in [1.82, 2.24) is 0 Å². The Morgan fingerprint density at radius 3 is 2.79 bits per heavy atom. The first-order valence-corrected chi connectivity index (χ1v) is 6.43. The summed E-state index contributed by atoms with van der Waals surface area (Å²) in [6, 6.07) is 7.23. The lowest BCUT2D eigenvalue weighted by Crippen LogP contribution is -2.24. The Hall–Kier alpha value is -1.73. The van der Waals surface area contributed by atoms with Gasteiger partial charge in [-0.15, -0.1) is 0 Å². The van der Waals surface area contributed by atoms with E-state index >= 15 is 0 Å². The molecule has 1 aromatic carbocycles. The van der Waals surface area contributed by atoms with Crippen LogP contribution in [0.5, 0.6) is 11.5 Å². The van der Waals surface area contributed by atoms with Gasteiger partial charge in [-0.2, -0.15) is 5.26 Å². The lowest BCUT2D eigenvalue weighted by molar-refractivity contribution is -0.0329. The summed E-state index contributed by atoms with van der Waals surface area (Å²) in [5.41, 5.74) is 0.505. The van der Waals surface area contributed by atoms with E-state index in [2.05, 4.69) is 19.9 Å². The van der Waals surface area contributed by atoms with Gasteiger partial charge in [0.05, 0.1) is 30.4 Å². The monoisotopic (exact) mass is 261 g/mol. The second kappa shape index (κ2) is 5.50. The molecule has 0 aliphatic carbocycles. The van der Waals surface area contributed by atoms with Crippen molar-refractivity contribution >= 4 is 0 Å². The van der Waals surface area contributed by atoms with E-state index in [1.807, 2.05) is 0 Å². The summed E-state index contributed by atoms with van der Waals surface area (Å²) in [6.07, 6.45) is 2.17. The molecule has 1 unspecified atom stereocenters. The molecule has 102 valence electrons. The molecule has 2 rings (SSSR count). The van der Waals surface area contributed by atoms with Crippen molar-refractivity contribution in [3.05, 3.63) is 23.8 Å². The van der Waals surface area contributed by atoms with Gasteiger partial charge in [0.1, 0.15) is 6.61 Å². The molecule has 1 heterocycles. The Morgan fingerprint density at radius 2 is 2.21 bits per heavy atom. The molecular weight excluding hydrogens is 242 g/mol. The van der Waals surface area contributed by atoms with Crippen LogP contribution >= 0.6 is 0 Å². The van der Waals surface area contributed by atoms with Gasteiger partial charge in [-0.1, -0.05) is 0 Å². The second-order valence-electron chi connectivity index (χ2n) is 5.33. The zero-order valence-corrected chi connectivity index (χ0v) is 11.6. The minimum absolute atomic E-state index is 0.0528. The normalized spacial score (nSPS) is 20.8. The van der Waals surface area contributed by atoms with Crippen LogP contribution in [0.25, 0.3) is 0 Å². The van der Waals surface area contributed by atoms with Crippen molar-refractivity contribution in [3.8, 4) is 17.6 Å². The maximum Gasteiger partial charge on any atom is 0.162 e. The number of benzene rings is 1. The molecule has 4 nitrogen and oxygen atoms in total. The first kappa shape index (κ1) is 13.7. The molecule has 0 aromatic heterocycles. The van der Waals surface area contributed by atoms with Crippen LogP contribution < -0.4 is 9.47 Å². The summed E-state index contributed by atoms with van der Waals surface area (Å²) in [5.74, 6) is 1.23. The Balaban J connectivity index is 1.98. The standard InChI is InChI=1S/C15H19NO3/c1-15(2)7-6-12(19-15)10-18-13-5-4-11(9-16)8-14(13)17-3/h4-5,8,12H,6-7,10H2,1-3H3. The highest BCUT2D eigenvalue weighted by Gasteiger charge is 2.32. The van der Waals surface area contributed by atoms with Crippen molar-refractivity contribution in [3.63, 3.8) is 0 Å². The third-order valence-corrected chi connectivity index (χ3v) is 3.27. The number of nitrogens with zero attached hydrogens (tertiary/aromatic N) is 1. The average Bonchev–Trinajstić information content (AvgIpc) is 2.75. The highest BCUT2D eigenvalue weighted by atomic mass is 16.6. The highest BCUT2D eigenvalue weighted by molar-refractivity contribution is 5.46. The van der Waals surface area contributed by atoms with E-state index in [4.69, 9.17) is 19.5 Å². The molecule has 0 radical (unpaired) electrons. The summed E-state index contributed by atoms with van der Waals surface area (Å²) in [6.45, 7) is 4.69. The van der Waals surface area contributed by atoms with Crippen molar-refractivity contribution in [2.24, 2.45) is 0 Å². The highest BCUT2D eigenvalue weighted by Crippen LogP contribution is 2.32. The lowest BCUT2D eigenvalue weighted by atomic mass is 10.1. The van der Waals surface area contributed by atoms with Crippen LogP contribution in [0.3, 0.4) is 0 Å². The van der Waals surface area contributed by atoms with E-state index in [-0.39, 0.29) is 11.7 Å². The molecule has 0 saturated carbocycles. The van der Waals surface area contributed by atoms with Crippen LogP contribution in [-0.4, -0.2) is 25.4 Å². The Morgan fingerprint density at radius 1 is 1.42 bits per heavy atom. The predicted octanol–water partition coefficient (Wildman–Crippen LogP) is 2.90. The number of rotatable bonds is 4. The van der Waals surface area contributed by atoms with Gasteiger partial charge in [-0.05, 0) is 38.8 Å². The van der Waals surface area contributed by atoms with Gasteiger partial charge in [-0.3, -0.25) is 0 Å². The average molecular weight is 261 g/mol.